The topological polar surface area (TPSA) is 38.9 Å². The van der Waals surface area contributed by atoms with Gasteiger partial charge in [-0.25, -0.2) is 4.98 Å². The molecule has 0 bridgehead atoms. The number of thioether (sulfide) groups is 1. The first-order valence-electron chi connectivity index (χ1n) is 7.26. The van der Waals surface area contributed by atoms with Gasteiger partial charge >= 0.3 is 0 Å². The molecule has 110 valence electrons. The molecule has 0 radical (unpaired) electrons. The third-order valence-electron chi connectivity index (χ3n) is 3.51. The molecule has 22 heavy (non-hydrogen) atoms. The maximum absolute atomic E-state index is 6.28. The fraction of sp³-hybridized carbons (Fsp3) is 0.105. The van der Waals surface area contributed by atoms with E-state index in [1.807, 2.05) is 48.7 Å². The first-order valence-corrected chi connectivity index (χ1v) is 8.25. The van der Waals surface area contributed by atoms with Crippen molar-refractivity contribution in [1.82, 2.24) is 4.98 Å². The Morgan fingerprint density at radius 2 is 1.50 bits per heavy atom. The Balaban J connectivity index is 1.65. The van der Waals surface area contributed by atoms with E-state index in [-0.39, 0.29) is 6.04 Å². The number of rotatable bonds is 5. The lowest BCUT2D eigenvalue weighted by Crippen LogP contribution is -2.11. The van der Waals surface area contributed by atoms with Gasteiger partial charge in [0, 0.05) is 11.9 Å². The zero-order valence-electron chi connectivity index (χ0n) is 12.2. The minimum absolute atomic E-state index is 0.123. The van der Waals surface area contributed by atoms with Gasteiger partial charge < -0.3 is 5.73 Å². The summed E-state index contributed by atoms with van der Waals surface area (Å²) in [6.45, 7) is 0. The lowest BCUT2D eigenvalue weighted by molar-refractivity contribution is 0.855. The summed E-state index contributed by atoms with van der Waals surface area (Å²) in [6, 6.07) is 24.5. The molecule has 0 fully saturated rings. The molecule has 0 saturated carbocycles. The first-order chi connectivity index (χ1) is 10.8. The van der Waals surface area contributed by atoms with E-state index in [0.29, 0.717) is 0 Å². The maximum Gasteiger partial charge on any atom is 0.0963 e. The molecule has 3 aromatic rings. The molecule has 3 rings (SSSR count). The first kappa shape index (κ1) is 14.8. The number of nitrogens with two attached hydrogens (primary N) is 1. The van der Waals surface area contributed by atoms with Gasteiger partial charge in [-0.3, -0.25) is 0 Å². The van der Waals surface area contributed by atoms with Gasteiger partial charge in [0.15, 0.2) is 0 Å². The Morgan fingerprint density at radius 3 is 2.14 bits per heavy atom. The van der Waals surface area contributed by atoms with Gasteiger partial charge in [-0.1, -0.05) is 66.7 Å². The van der Waals surface area contributed by atoms with Crippen molar-refractivity contribution in [1.29, 1.82) is 0 Å². The lowest BCUT2D eigenvalue weighted by atomic mass is 10.0. The van der Waals surface area contributed by atoms with Crippen molar-refractivity contribution in [3.8, 4) is 0 Å². The summed E-state index contributed by atoms with van der Waals surface area (Å²) < 4.78 is 0. The highest BCUT2D eigenvalue weighted by Crippen LogP contribution is 2.23. The molecule has 0 aliphatic carbocycles. The van der Waals surface area contributed by atoms with Crippen LogP contribution in [0.1, 0.15) is 22.7 Å². The van der Waals surface area contributed by atoms with Crippen LogP contribution in [0.2, 0.25) is 0 Å². The van der Waals surface area contributed by atoms with Gasteiger partial charge in [-0.15, -0.1) is 11.8 Å². The standard InChI is InChI=1S/C19H18N2S/c20-19(16-9-5-2-6-10-16)17-11-12-18(21-13-17)22-14-15-7-3-1-4-8-15/h1-13,19H,14,20H2. The van der Waals surface area contributed by atoms with Crippen molar-refractivity contribution in [2.75, 3.05) is 0 Å². The van der Waals surface area contributed by atoms with Crippen molar-refractivity contribution in [2.24, 2.45) is 5.73 Å². The monoisotopic (exact) mass is 306 g/mol. The molecule has 0 aliphatic rings. The molecule has 1 atom stereocenters. The third kappa shape index (κ3) is 3.75. The summed E-state index contributed by atoms with van der Waals surface area (Å²) in [6.07, 6.45) is 1.88. The van der Waals surface area contributed by atoms with E-state index >= 15 is 0 Å². The van der Waals surface area contributed by atoms with Crippen LogP contribution in [0.4, 0.5) is 0 Å². The lowest BCUT2D eigenvalue weighted by Gasteiger charge is -2.12. The summed E-state index contributed by atoms with van der Waals surface area (Å²) in [7, 11) is 0. The Hall–Kier alpha value is -2.10. The van der Waals surface area contributed by atoms with E-state index in [0.717, 1.165) is 21.9 Å². The number of nitrogens with zero attached hydrogens (tertiary/aromatic N) is 1. The second-order valence-corrected chi connectivity index (χ2v) is 6.09. The SMILES string of the molecule is NC(c1ccccc1)c1ccc(SCc2ccccc2)nc1. The molecule has 2 N–H and O–H groups in total. The minimum atomic E-state index is -0.123. The molecule has 0 saturated heterocycles. The fourth-order valence-corrected chi connectivity index (χ4v) is 3.04. The van der Waals surface area contributed by atoms with Crippen LogP contribution in [0.25, 0.3) is 0 Å². The van der Waals surface area contributed by atoms with Crippen molar-refractivity contribution in [3.05, 3.63) is 95.7 Å². The third-order valence-corrected chi connectivity index (χ3v) is 4.52. The van der Waals surface area contributed by atoms with E-state index in [1.54, 1.807) is 11.8 Å². The molecule has 1 unspecified atom stereocenters. The molecular weight excluding hydrogens is 288 g/mol. The van der Waals surface area contributed by atoms with Crippen LogP contribution >= 0.6 is 11.8 Å². The number of hydrogen-bond donors (Lipinski definition) is 1. The summed E-state index contributed by atoms with van der Waals surface area (Å²) in [5.41, 5.74) is 9.73. The number of pyridine rings is 1. The summed E-state index contributed by atoms with van der Waals surface area (Å²) in [5.74, 6) is 0.928. The van der Waals surface area contributed by atoms with Crippen molar-refractivity contribution in [2.45, 2.75) is 16.8 Å². The van der Waals surface area contributed by atoms with Gasteiger partial charge in [-0.2, -0.15) is 0 Å². The Kier molecular flexibility index (Phi) is 4.88. The van der Waals surface area contributed by atoms with Gasteiger partial charge in [0.2, 0.25) is 0 Å². The molecule has 2 aromatic carbocycles. The molecule has 0 spiro atoms. The van der Waals surface area contributed by atoms with Crippen LogP contribution in [0.15, 0.2) is 84.0 Å². The average molecular weight is 306 g/mol. The molecule has 1 aromatic heterocycles. The zero-order chi connectivity index (χ0) is 15.2. The van der Waals surface area contributed by atoms with Crippen LogP contribution in [-0.2, 0) is 5.75 Å². The Morgan fingerprint density at radius 1 is 0.818 bits per heavy atom. The van der Waals surface area contributed by atoms with Crippen molar-refractivity contribution in [3.63, 3.8) is 0 Å². The smallest absolute Gasteiger partial charge is 0.0963 e. The van der Waals surface area contributed by atoms with Gasteiger partial charge in [0.05, 0.1) is 11.1 Å². The largest absolute Gasteiger partial charge is 0.320 e. The summed E-state index contributed by atoms with van der Waals surface area (Å²) in [4.78, 5) is 4.52. The van der Waals surface area contributed by atoms with E-state index in [1.165, 1.54) is 5.56 Å². The molecule has 1 heterocycles. The molecule has 2 nitrogen and oxygen atoms in total. The number of aromatic nitrogens is 1. The number of benzene rings is 2. The van der Waals surface area contributed by atoms with Gasteiger partial charge in [0.1, 0.15) is 0 Å². The van der Waals surface area contributed by atoms with Gasteiger partial charge in [0.25, 0.3) is 0 Å². The van der Waals surface area contributed by atoms with E-state index in [2.05, 4.69) is 35.3 Å². The predicted molar refractivity (Wildman–Crippen MR) is 92.7 cm³/mol. The maximum atomic E-state index is 6.28. The highest BCUT2D eigenvalue weighted by atomic mass is 32.2. The second-order valence-electron chi connectivity index (χ2n) is 5.09. The van der Waals surface area contributed by atoms with Crippen LogP contribution in [0.5, 0.6) is 0 Å². The molecule has 3 heteroatoms. The molecule has 0 aliphatic heterocycles. The van der Waals surface area contributed by atoms with E-state index < -0.39 is 0 Å². The van der Waals surface area contributed by atoms with Crippen molar-refractivity contribution < 1.29 is 0 Å². The number of hydrogen-bond acceptors (Lipinski definition) is 3. The second kappa shape index (κ2) is 7.25. The molecule has 0 amide bonds. The Labute approximate surface area is 135 Å². The normalized spacial score (nSPS) is 12.0. The van der Waals surface area contributed by atoms with Crippen LogP contribution in [-0.4, -0.2) is 4.98 Å². The summed E-state index contributed by atoms with van der Waals surface area (Å²) >= 11 is 1.74. The summed E-state index contributed by atoms with van der Waals surface area (Å²) in [5, 5.41) is 1.02. The van der Waals surface area contributed by atoms with Crippen LogP contribution in [0, 0.1) is 0 Å². The van der Waals surface area contributed by atoms with Gasteiger partial charge in [-0.05, 0) is 22.8 Å². The zero-order valence-corrected chi connectivity index (χ0v) is 13.0. The fourth-order valence-electron chi connectivity index (χ4n) is 2.25. The van der Waals surface area contributed by atoms with Crippen LogP contribution in [0.3, 0.4) is 0 Å². The highest BCUT2D eigenvalue weighted by Gasteiger charge is 2.08. The molecular formula is C19H18N2S. The predicted octanol–water partition coefficient (Wildman–Crippen LogP) is 4.42. The van der Waals surface area contributed by atoms with Crippen molar-refractivity contribution >= 4 is 11.8 Å². The quantitative estimate of drug-likeness (QED) is 0.709. The minimum Gasteiger partial charge on any atom is -0.320 e. The Bertz CT molecular complexity index is 697. The average Bonchev–Trinajstić information content (AvgIpc) is 2.61. The van der Waals surface area contributed by atoms with Crippen LogP contribution < -0.4 is 5.73 Å². The highest BCUT2D eigenvalue weighted by molar-refractivity contribution is 7.98. The van der Waals surface area contributed by atoms with E-state index in [9.17, 15) is 0 Å². The van der Waals surface area contributed by atoms with E-state index in [4.69, 9.17) is 5.73 Å².